The van der Waals surface area contributed by atoms with Gasteiger partial charge in [-0.15, -0.1) is 0 Å². The van der Waals surface area contributed by atoms with Gasteiger partial charge in [-0.2, -0.15) is 0 Å². The Morgan fingerprint density at radius 2 is 1.44 bits per heavy atom. The van der Waals surface area contributed by atoms with Crippen LogP contribution in [0.2, 0.25) is 0 Å². The molecule has 0 aromatic rings. The summed E-state index contributed by atoms with van der Waals surface area (Å²) in [5.41, 5.74) is 5.38. The van der Waals surface area contributed by atoms with Gasteiger partial charge >= 0.3 is 0 Å². The highest BCUT2D eigenvalue weighted by Gasteiger charge is 2.52. The summed E-state index contributed by atoms with van der Waals surface area (Å²) in [4.78, 5) is 12.4. The Morgan fingerprint density at radius 1 is 1.00 bits per heavy atom. The van der Waals surface area contributed by atoms with Crippen molar-refractivity contribution in [1.29, 1.82) is 0 Å². The zero-order chi connectivity index (χ0) is 11.5. The fourth-order valence-corrected chi connectivity index (χ4v) is 4.78. The average Bonchev–Trinajstić information content (AvgIpc) is 2.13. The molecule has 0 aromatic heterocycles. The van der Waals surface area contributed by atoms with Crippen molar-refractivity contribution in [3.8, 4) is 0 Å². The second-order valence-electron chi connectivity index (χ2n) is 7.04. The van der Waals surface area contributed by atoms with Crippen molar-refractivity contribution in [2.75, 3.05) is 0 Å². The van der Waals surface area contributed by atoms with E-state index in [0.29, 0.717) is 23.5 Å². The van der Waals surface area contributed by atoms with E-state index >= 15 is 0 Å². The molecule has 0 heterocycles. The fraction of sp³-hybridized carbons (Fsp3) is 0.929. The number of ketones is 1. The van der Waals surface area contributed by atoms with Crippen LogP contribution in [0, 0.1) is 29.6 Å². The molecule has 16 heavy (non-hydrogen) atoms. The maximum atomic E-state index is 12.4. The Bertz CT molecular complexity index is 287. The van der Waals surface area contributed by atoms with Gasteiger partial charge in [-0.05, 0) is 69.6 Å². The number of carbonyl (C=O) groups is 1. The third kappa shape index (κ3) is 1.54. The maximum absolute atomic E-state index is 12.4. The number of Topliss-reactive ketones (excluding diaryl/α,β-unsaturated/α-hetero) is 1. The molecule has 0 atom stereocenters. The molecule has 4 aliphatic carbocycles. The van der Waals surface area contributed by atoms with Crippen LogP contribution in [0.3, 0.4) is 0 Å². The summed E-state index contributed by atoms with van der Waals surface area (Å²) in [7, 11) is 0. The second kappa shape index (κ2) is 3.32. The molecule has 2 N–H and O–H groups in total. The van der Waals surface area contributed by atoms with Crippen LogP contribution in [0.1, 0.15) is 46.0 Å². The van der Waals surface area contributed by atoms with Crippen LogP contribution >= 0.6 is 0 Å². The number of carbonyl (C=O) groups excluding carboxylic acids is 1. The summed E-state index contributed by atoms with van der Waals surface area (Å²) < 4.78 is 0. The van der Waals surface area contributed by atoms with Gasteiger partial charge in [0.15, 0.2) is 5.78 Å². The standard InChI is InChI=1S/C14H23NO/c1-14(2,15)13(16)12-10-4-8-3-9(6-10)7-11(12)5-8/h8-12H,3-7,15H2,1-2H3. The molecule has 90 valence electrons. The van der Waals surface area contributed by atoms with Crippen LogP contribution in [0.15, 0.2) is 0 Å². The molecule has 0 amide bonds. The first kappa shape index (κ1) is 10.8. The molecule has 4 saturated carbocycles. The smallest absolute Gasteiger partial charge is 0.155 e. The first-order valence-corrected chi connectivity index (χ1v) is 6.78. The molecule has 0 aliphatic heterocycles. The second-order valence-corrected chi connectivity index (χ2v) is 7.04. The van der Waals surface area contributed by atoms with E-state index in [-0.39, 0.29) is 0 Å². The number of nitrogens with two attached hydrogens (primary N) is 1. The minimum atomic E-state index is -0.625. The summed E-state index contributed by atoms with van der Waals surface area (Å²) in [6.07, 6.45) is 6.66. The Hall–Kier alpha value is -0.370. The lowest BCUT2D eigenvalue weighted by molar-refractivity contribution is -0.140. The SMILES string of the molecule is CC(C)(N)C(=O)C1C2CC3CC(C2)CC1C3. The summed E-state index contributed by atoms with van der Waals surface area (Å²) in [6.45, 7) is 3.75. The van der Waals surface area contributed by atoms with Crippen molar-refractivity contribution in [2.24, 2.45) is 35.3 Å². The lowest BCUT2D eigenvalue weighted by Gasteiger charge is -2.54. The van der Waals surface area contributed by atoms with Gasteiger partial charge in [-0.3, -0.25) is 4.79 Å². The number of hydrogen-bond donors (Lipinski definition) is 1. The minimum Gasteiger partial charge on any atom is -0.319 e. The van der Waals surface area contributed by atoms with Crippen molar-refractivity contribution >= 4 is 5.78 Å². The zero-order valence-electron chi connectivity index (χ0n) is 10.4. The maximum Gasteiger partial charge on any atom is 0.155 e. The van der Waals surface area contributed by atoms with Gasteiger partial charge in [0.2, 0.25) is 0 Å². The van der Waals surface area contributed by atoms with Gasteiger partial charge in [0.25, 0.3) is 0 Å². The van der Waals surface area contributed by atoms with Gasteiger partial charge in [-0.25, -0.2) is 0 Å². The van der Waals surface area contributed by atoms with Crippen LogP contribution in [-0.4, -0.2) is 11.3 Å². The largest absolute Gasteiger partial charge is 0.319 e. The Kier molecular flexibility index (Phi) is 2.23. The van der Waals surface area contributed by atoms with E-state index in [2.05, 4.69) is 0 Å². The monoisotopic (exact) mass is 221 g/mol. The first-order chi connectivity index (χ1) is 7.45. The topological polar surface area (TPSA) is 43.1 Å². The van der Waals surface area contributed by atoms with E-state index in [9.17, 15) is 4.79 Å². The van der Waals surface area contributed by atoms with Crippen molar-refractivity contribution < 1.29 is 4.79 Å². The van der Waals surface area contributed by atoms with E-state index in [0.717, 1.165) is 11.8 Å². The van der Waals surface area contributed by atoms with Gasteiger partial charge in [0, 0.05) is 5.92 Å². The molecule has 2 nitrogen and oxygen atoms in total. The lowest BCUT2D eigenvalue weighted by Crippen LogP contribution is -2.55. The lowest BCUT2D eigenvalue weighted by atomic mass is 9.50. The van der Waals surface area contributed by atoms with Gasteiger partial charge in [0.05, 0.1) is 5.54 Å². The van der Waals surface area contributed by atoms with Crippen LogP contribution in [0.5, 0.6) is 0 Å². The molecular weight excluding hydrogens is 198 g/mol. The summed E-state index contributed by atoms with van der Waals surface area (Å²) in [5, 5.41) is 0. The van der Waals surface area contributed by atoms with Crippen LogP contribution in [-0.2, 0) is 4.79 Å². The first-order valence-electron chi connectivity index (χ1n) is 6.78. The number of hydrogen-bond acceptors (Lipinski definition) is 2. The molecule has 4 rings (SSSR count). The molecular formula is C14H23NO. The van der Waals surface area contributed by atoms with E-state index in [4.69, 9.17) is 5.73 Å². The Labute approximate surface area is 98.0 Å². The molecule has 0 unspecified atom stereocenters. The molecule has 2 heteroatoms. The van der Waals surface area contributed by atoms with Crippen LogP contribution in [0.25, 0.3) is 0 Å². The predicted octanol–water partition coefficient (Wildman–Crippen LogP) is 2.37. The Morgan fingerprint density at radius 3 is 1.81 bits per heavy atom. The van der Waals surface area contributed by atoms with E-state index in [1.165, 1.54) is 32.1 Å². The van der Waals surface area contributed by atoms with E-state index in [1.807, 2.05) is 13.8 Å². The molecule has 0 saturated heterocycles. The molecule has 0 spiro atoms. The van der Waals surface area contributed by atoms with Crippen LogP contribution in [0.4, 0.5) is 0 Å². The average molecular weight is 221 g/mol. The molecule has 0 aromatic carbocycles. The molecule has 4 fully saturated rings. The highest BCUT2D eigenvalue weighted by molar-refractivity contribution is 5.90. The van der Waals surface area contributed by atoms with Gasteiger partial charge in [0.1, 0.15) is 0 Å². The normalized spacial score (nSPS) is 46.1. The van der Waals surface area contributed by atoms with Crippen molar-refractivity contribution in [3.05, 3.63) is 0 Å². The van der Waals surface area contributed by atoms with Crippen molar-refractivity contribution in [1.82, 2.24) is 0 Å². The van der Waals surface area contributed by atoms with E-state index < -0.39 is 5.54 Å². The highest BCUT2D eigenvalue weighted by Crippen LogP contribution is 2.57. The Balaban J connectivity index is 1.84. The third-order valence-electron chi connectivity index (χ3n) is 5.16. The fourth-order valence-electron chi connectivity index (χ4n) is 4.78. The summed E-state index contributed by atoms with van der Waals surface area (Å²) in [6, 6.07) is 0. The molecule has 4 bridgehead atoms. The van der Waals surface area contributed by atoms with Crippen molar-refractivity contribution in [2.45, 2.75) is 51.5 Å². The highest BCUT2D eigenvalue weighted by atomic mass is 16.1. The zero-order valence-corrected chi connectivity index (χ0v) is 10.4. The number of rotatable bonds is 2. The minimum absolute atomic E-state index is 0.299. The molecule has 0 radical (unpaired) electrons. The van der Waals surface area contributed by atoms with Crippen molar-refractivity contribution in [3.63, 3.8) is 0 Å². The van der Waals surface area contributed by atoms with Gasteiger partial charge < -0.3 is 5.73 Å². The summed E-state index contributed by atoms with van der Waals surface area (Å²) >= 11 is 0. The van der Waals surface area contributed by atoms with Crippen LogP contribution < -0.4 is 5.73 Å². The predicted molar refractivity (Wildman–Crippen MR) is 63.8 cm³/mol. The third-order valence-corrected chi connectivity index (χ3v) is 5.16. The van der Waals surface area contributed by atoms with E-state index in [1.54, 1.807) is 0 Å². The van der Waals surface area contributed by atoms with Gasteiger partial charge in [-0.1, -0.05) is 0 Å². The summed E-state index contributed by atoms with van der Waals surface area (Å²) in [5.74, 6) is 3.85. The molecule has 4 aliphatic rings. The quantitative estimate of drug-likeness (QED) is 0.778.